The van der Waals surface area contributed by atoms with Crippen LogP contribution in [0.15, 0.2) is 18.2 Å². The Morgan fingerprint density at radius 1 is 1.14 bits per heavy atom. The number of halogens is 6. The van der Waals surface area contributed by atoms with Gasteiger partial charge in [0.25, 0.3) is 0 Å². The van der Waals surface area contributed by atoms with E-state index in [1.807, 2.05) is 0 Å². The van der Waals surface area contributed by atoms with Crippen LogP contribution in [0.2, 0.25) is 0 Å². The van der Waals surface area contributed by atoms with Crippen LogP contribution in [0.1, 0.15) is 17.3 Å². The fourth-order valence-corrected chi connectivity index (χ4v) is 2.12. The van der Waals surface area contributed by atoms with Crippen LogP contribution in [0, 0.1) is 0 Å². The second-order valence-electron chi connectivity index (χ2n) is 4.57. The first-order chi connectivity index (χ1) is 9.55. The Bertz CT molecular complexity index is 641. The summed E-state index contributed by atoms with van der Waals surface area (Å²) in [7, 11) is 1.12. The number of imidazole rings is 1. The zero-order valence-electron chi connectivity index (χ0n) is 10.8. The van der Waals surface area contributed by atoms with E-state index in [4.69, 9.17) is 5.73 Å². The maximum absolute atomic E-state index is 12.8. The highest BCUT2D eigenvalue weighted by Gasteiger charge is 2.59. The Hall–Kier alpha value is -1.77. The molecule has 0 aliphatic rings. The van der Waals surface area contributed by atoms with Crippen LogP contribution in [-0.4, -0.2) is 21.9 Å². The zero-order chi connectivity index (χ0) is 16.0. The van der Waals surface area contributed by atoms with E-state index in [-0.39, 0.29) is 17.6 Å². The molecular formula is C12H11F6N3. The predicted molar refractivity (Wildman–Crippen MR) is 63.5 cm³/mol. The molecule has 116 valence electrons. The van der Waals surface area contributed by atoms with Gasteiger partial charge in [-0.1, -0.05) is 6.07 Å². The molecule has 0 aliphatic heterocycles. The Morgan fingerprint density at radius 3 is 2.19 bits per heavy atom. The molecule has 0 unspecified atom stereocenters. The normalized spacial score (nSPS) is 13.4. The standard InChI is InChI=1S/C12H11F6N3/c1-21-8-4-6(5-19)2-3-7(8)20-10(21)9(11(13,14)15)12(16,17)18/h2-4,9H,5,19H2,1H3. The van der Waals surface area contributed by atoms with E-state index in [9.17, 15) is 26.3 Å². The van der Waals surface area contributed by atoms with Gasteiger partial charge in [-0.05, 0) is 17.7 Å². The van der Waals surface area contributed by atoms with Crippen molar-refractivity contribution in [3.63, 3.8) is 0 Å². The number of aromatic nitrogens is 2. The molecule has 0 atom stereocenters. The number of aryl methyl sites for hydroxylation is 1. The Balaban J connectivity index is 2.67. The average Bonchev–Trinajstić information content (AvgIpc) is 2.63. The van der Waals surface area contributed by atoms with E-state index >= 15 is 0 Å². The maximum atomic E-state index is 12.8. The minimum Gasteiger partial charge on any atom is -0.330 e. The van der Waals surface area contributed by atoms with Crippen molar-refractivity contribution >= 4 is 11.0 Å². The van der Waals surface area contributed by atoms with Gasteiger partial charge < -0.3 is 10.3 Å². The number of nitrogens with zero attached hydrogens (tertiary/aromatic N) is 2. The molecule has 0 saturated carbocycles. The van der Waals surface area contributed by atoms with Crippen LogP contribution in [-0.2, 0) is 13.6 Å². The van der Waals surface area contributed by atoms with E-state index in [1.54, 1.807) is 0 Å². The van der Waals surface area contributed by atoms with E-state index < -0.39 is 24.1 Å². The van der Waals surface area contributed by atoms with Gasteiger partial charge in [-0.25, -0.2) is 4.98 Å². The zero-order valence-corrected chi connectivity index (χ0v) is 10.8. The molecule has 0 spiro atoms. The number of fused-ring (bicyclic) bond motifs is 1. The van der Waals surface area contributed by atoms with Gasteiger partial charge in [0.1, 0.15) is 5.82 Å². The molecule has 0 aliphatic carbocycles. The molecule has 1 aromatic carbocycles. The summed E-state index contributed by atoms with van der Waals surface area (Å²) in [5, 5.41) is 0. The molecule has 1 heterocycles. The summed E-state index contributed by atoms with van der Waals surface area (Å²) >= 11 is 0. The quantitative estimate of drug-likeness (QED) is 0.865. The SMILES string of the molecule is Cn1c(C(C(F)(F)F)C(F)(F)F)nc2ccc(CN)cc21. The number of alkyl halides is 6. The lowest BCUT2D eigenvalue weighted by Gasteiger charge is -2.22. The lowest BCUT2D eigenvalue weighted by molar-refractivity contribution is -0.255. The van der Waals surface area contributed by atoms with Crippen LogP contribution in [0.25, 0.3) is 11.0 Å². The van der Waals surface area contributed by atoms with E-state index in [0.717, 1.165) is 11.6 Å². The highest BCUT2D eigenvalue weighted by atomic mass is 19.4. The van der Waals surface area contributed by atoms with E-state index in [1.165, 1.54) is 18.2 Å². The van der Waals surface area contributed by atoms with Gasteiger partial charge in [-0.15, -0.1) is 0 Å². The Kier molecular flexibility index (Phi) is 3.64. The molecule has 1 aromatic heterocycles. The van der Waals surface area contributed by atoms with Gasteiger partial charge in [-0.2, -0.15) is 26.3 Å². The molecule has 0 fully saturated rings. The minimum atomic E-state index is -5.47. The summed E-state index contributed by atoms with van der Waals surface area (Å²) < 4.78 is 77.4. The number of nitrogens with two attached hydrogens (primary N) is 1. The molecule has 3 nitrogen and oxygen atoms in total. The maximum Gasteiger partial charge on any atom is 0.407 e. The molecule has 21 heavy (non-hydrogen) atoms. The summed E-state index contributed by atoms with van der Waals surface area (Å²) in [4.78, 5) is 3.50. The van der Waals surface area contributed by atoms with Crippen molar-refractivity contribution < 1.29 is 26.3 Å². The summed E-state index contributed by atoms with van der Waals surface area (Å²) in [6.45, 7) is 0.123. The molecule has 0 radical (unpaired) electrons. The summed E-state index contributed by atoms with van der Waals surface area (Å²) in [5.41, 5.74) is 6.23. The first-order valence-electron chi connectivity index (χ1n) is 5.84. The fourth-order valence-electron chi connectivity index (χ4n) is 2.12. The van der Waals surface area contributed by atoms with Gasteiger partial charge in [0.2, 0.25) is 5.92 Å². The van der Waals surface area contributed by atoms with Gasteiger partial charge in [0.15, 0.2) is 0 Å². The van der Waals surface area contributed by atoms with Crippen LogP contribution in [0.4, 0.5) is 26.3 Å². The van der Waals surface area contributed by atoms with Gasteiger partial charge in [0, 0.05) is 13.6 Å². The Labute approximate surface area is 115 Å². The van der Waals surface area contributed by atoms with Crippen molar-refractivity contribution in [3.05, 3.63) is 29.6 Å². The topological polar surface area (TPSA) is 43.8 Å². The molecule has 2 rings (SSSR count). The lowest BCUT2D eigenvalue weighted by atomic mass is 10.1. The monoisotopic (exact) mass is 311 g/mol. The fraction of sp³-hybridized carbons (Fsp3) is 0.417. The summed E-state index contributed by atoms with van der Waals surface area (Å²) in [6, 6.07) is 4.29. The number of hydrogen-bond acceptors (Lipinski definition) is 2. The Morgan fingerprint density at radius 2 is 1.71 bits per heavy atom. The van der Waals surface area contributed by atoms with E-state index in [2.05, 4.69) is 4.98 Å². The van der Waals surface area contributed by atoms with Crippen molar-refractivity contribution in [2.24, 2.45) is 12.8 Å². The molecule has 2 N–H and O–H groups in total. The third-order valence-corrected chi connectivity index (χ3v) is 3.13. The van der Waals surface area contributed by atoms with Crippen molar-refractivity contribution in [2.45, 2.75) is 24.8 Å². The van der Waals surface area contributed by atoms with Crippen molar-refractivity contribution in [2.75, 3.05) is 0 Å². The number of benzene rings is 1. The molecule has 0 saturated heterocycles. The largest absolute Gasteiger partial charge is 0.407 e. The second kappa shape index (κ2) is 4.90. The smallest absolute Gasteiger partial charge is 0.330 e. The van der Waals surface area contributed by atoms with Crippen LogP contribution >= 0.6 is 0 Å². The van der Waals surface area contributed by atoms with Gasteiger partial charge in [-0.3, -0.25) is 0 Å². The third kappa shape index (κ3) is 2.82. The van der Waals surface area contributed by atoms with Crippen LogP contribution < -0.4 is 5.73 Å². The van der Waals surface area contributed by atoms with Gasteiger partial charge >= 0.3 is 12.4 Å². The van der Waals surface area contributed by atoms with E-state index in [0.29, 0.717) is 5.56 Å². The van der Waals surface area contributed by atoms with Crippen LogP contribution in [0.3, 0.4) is 0 Å². The second-order valence-corrected chi connectivity index (χ2v) is 4.57. The summed E-state index contributed by atoms with van der Waals surface area (Å²) in [5.74, 6) is -4.71. The molecule has 0 bridgehead atoms. The summed E-state index contributed by atoms with van der Waals surface area (Å²) in [6.07, 6.45) is -10.9. The van der Waals surface area contributed by atoms with Gasteiger partial charge in [0.05, 0.1) is 11.0 Å². The molecule has 2 aromatic rings. The third-order valence-electron chi connectivity index (χ3n) is 3.13. The number of rotatable bonds is 2. The van der Waals surface area contributed by atoms with Crippen molar-refractivity contribution in [3.8, 4) is 0 Å². The average molecular weight is 311 g/mol. The number of hydrogen-bond donors (Lipinski definition) is 1. The van der Waals surface area contributed by atoms with Crippen LogP contribution in [0.5, 0.6) is 0 Å². The highest BCUT2D eigenvalue weighted by Crippen LogP contribution is 2.46. The van der Waals surface area contributed by atoms with Crippen molar-refractivity contribution in [1.29, 1.82) is 0 Å². The first-order valence-corrected chi connectivity index (χ1v) is 5.84. The lowest BCUT2D eigenvalue weighted by Crippen LogP contribution is -2.36. The molecule has 9 heteroatoms. The van der Waals surface area contributed by atoms with Crippen molar-refractivity contribution in [1.82, 2.24) is 9.55 Å². The minimum absolute atomic E-state index is 0.0585. The first kappa shape index (κ1) is 15.6. The predicted octanol–water partition coefficient (Wildman–Crippen LogP) is 3.24. The molecular weight excluding hydrogens is 300 g/mol. The molecule has 0 amide bonds. The highest BCUT2D eigenvalue weighted by molar-refractivity contribution is 5.77.